The molecule has 1 N–H and O–H groups in total. The van der Waals surface area contributed by atoms with Gasteiger partial charge in [-0.1, -0.05) is 19.1 Å². The second-order valence-electron chi connectivity index (χ2n) is 4.88. The largest absolute Gasteiger partial charge is 0.322 e. The average Bonchev–Trinajstić information content (AvgIpc) is 2.53. The minimum atomic E-state index is -3.27. The van der Waals surface area contributed by atoms with Gasteiger partial charge in [-0.25, -0.2) is 8.42 Å². The van der Waals surface area contributed by atoms with E-state index in [1.54, 1.807) is 31.2 Å². The molecule has 0 unspecified atom stereocenters. The predicted molar refractivity (Wildman–Crippen MR) is 90.9 cm³/mol. The van der Waals surface area contributed by atoms with Gasteiger partial charge < -0.3 is 5.32 Å². The molecular formula is C16H17NO4S2. The van der Waals surface area contributed by atoms with Crippen molar-refractivity contribution in [2.75, 3.05) is 17.3 Å². The van der Waals surface area contributed by atoms with E-state index in [9.17, 15) is 17.4 Å². The van der Waals surface area contributed by atoms with Crippen molar-refractivity contribution in [2.45, 2.75) is 16.7 Å². The van der Waals surface area contributed by atoms with Crippen LogP contribution in [-0.2, 0) is 20.6 Å². The van der Waals surface area contributed by atoms with Crippen molar-refractivity contribution in [1.29, 1.82) is 0 Å². The molecule has 0 saturated carbocycles. The summed E-state index contributed by atoms with van der Waals surface area (Å²) in [6.45, 7) is 1.79. The molecule has 0 aromatic heterocycles. The molecule has 0 spiro atoms. The Morgan fingerprint density at radius 3 is 2.26 bits per heavy atom. The van der Waals surface area contributed by atoms with Crippen molar-refractivity contribution in [3.63, 3.8) is 0 Å². The van der Waals surface area contributed by atoms with Gasteiger partial charge in [0.2, 0.25) is 0 Å². The third-order valence-corrected chi connectivity index (χ3v) is 5.68. The van der Waals surface area contributed by atoms with Gasteiger partial charge in [0.25, 0.3) is 5.91 Å². The SMILES string of the molecule is CC[S@@](=O)c1ccccc1C(=O)Nc1ccc(S(C)(=O)=O)cc1. The molecule has 0 heterocycles. The molecule has 2 aromatic carbocycles. The van der Waals surface area contributed by atoms with Crippen LogP contribution in [0.2, 0.25) is 0 Å². The number of sulfone groups is 1. The Morgan fingerprint density at radius 1 is 1.09 bits per heavy atom. The van der Waals surface area contributed by atoms with Gasteiger partial charge in [0.05, 0.1) is 26.2 Å². The van der Waals surface area contributed by atoms with Crippen molar-refractivity contribution in [3.8, 4) is 0 Å². The molecule has 0 fully saturated rings. The van der Waals surface area contributed by atoms with Gasteiger partial charge in [-0.15, -0.1) is 0 Å². The summed E-state index contributed by atoms with van der Waals surface area (Å²) in [4.78, 5) is 13.0. The maximum atomic E-state index is 12.4. The van der Waals surface area contributed by atoms with Crippen molar-refractivity contribution in [1.82, 2.24) is 0 Å². The fourth-order valence-electron chi connectivity index (χ4n) is 1.99. The van der Waals surface area contributed by atoms with Crippen molar-refractivity contribution in [2.24, 2.45) is 0 Å². The Kier molecular flexibility index (Phi) is 5.33. The monoisotopic (exact) mass is 351 g/mol. The Hall–Kier alpha value is -1.99. The standard InChI is InChI=1S/C16H17NO4S2/c1-3-22(19)15-7-5-4-6-14(15)16(18)17-12-8-10-13(11-9-12)23(2,20)21/h4-11H,3H2,1-2H3,(H,17,18)/t22-/m1/s1. The summed E-state index contributed by atoms with van der Waals surface area (Å²) in [5.41, 5.74) is 0.819. The molecule has 0 aliphatic carbocycles. The number of anilines is 1. The lowest BCUT2D eigenvalue weighted by molar-refractivity contribution is 0.102. The van der Waals surface area contributed by atoms with Crippen LogP contribution in [0.25, 0.3) is 0 Å². The van der Waals surface area contributed by atoms with Crippen LogP contribution < -0.4 is 5.32 Å². The highest BCUT2D eigenvalue weighted by Crippen LogP contribution is 2.18. The van der Waals surface area contributed by atoms with E-state index in [2.05, 4.69) is 5.32 Å². The molecule has 1 amide bonds. The summed E-state index contributed by atoms with van der Waals surface area (Å²) in [5.74, 6) is 0.0439. The van der Waals surface area contributed by atoms with Crippen LogP contribution in [0.1, 0.15) is 17.3 Å². The molecule has 1 atom stereocenters. The summed E-state index contributed by atoms with van der Waals surface area (Å²) in [6.07, 6.45) is 1.12. The predicted octanol–water partition coefficient (Wildman–Crippen LogP) is 2.47. The molecule has 122 valence electrons. The van der Waals surface area contributed by atoms with Crippen LogP contribution >= 0.6 is 0 Å². The molecule has 5 nitrogen and oxygen atoms in total. The molecule has 7 heteroatoms. The van der Waals surface area contributed by atoms with E-state index in [1.807, 2.05) is 0 Å². The maximum Gasteiger partial charge on any atom is 0.256 e. The number of rotatable bonds is 5. The minimum Gasteiger partial charge on any atom is -0.322 e. The number of hydrogen-bond acceptors (Lipinski definition) is 4. The van der Waals surface area contributed by atoms with E-state index in [4.69, 9.17) is 0 Å². The Labute approximate surface area is 138 Å². The molecular weight excluding hydrogens is 334 g/mol. The average molecular weight is 351 g/mol. The van der Waals surface area contributed by atoms with Crippen LogP contribution in [0, 0.1) is 0 Å². The van der Waals surface area contributed by atoms with Crippen molar-refractivity contribution in [3.05, 3.63) is 54.1 Å². The van der Waals surface area contributed by atoms with Gasteiger partial charge >= 0.3 is 0 Å². The van der Waals surface area contributed by atoms with Crippen LogP contribution in [0.15, 0.2) is 58.3 Å². The first-order valence-electron chi connectivity index (χ1n) is 6.92. The first-order chi connectivity index (χ1) is 10.8. The van der Waals surface area contributed by atoms with Crippen LogP contribution in [0.3, 0.4) is 0 Å². The lowest BCUT2D eigenvalue weighted by atomic mass is 10.2. The molecule has 2 rings (SSSR count). The van der Waals surface area contributed by atoms with Gasteiger partial charge in [0, 0.05) is 17.7 Å². The summed E-state index contributed by atoms with van der Waals surface area (Å²) in [6, 6.07) is 12.6. The van der Waals surface area contributed by atoms with Crippen molar-refractivity contribution < 1.29 is 17.4 Å². The zero-order valence-electron chi connectivity index (χ0n) is 12.8. The van der Waals surface area contributed by atoms with Gasteiger partial charge in [-0.2, -0.15) is 0 Å². The third-order valence-electron chi connectivity index (χ3n) is 3.18. The Balaban J connectivity index is 2.25. The van der Waals surface area contributed by atoms with E-state index in [-0.39, 0.29) is 10.8 Å². The van der Waals surface area contributed by atoms with E-state index < -0.39 is 20.6 Å². The Bertz CT molecular complexity index is 843. The molecule has 0 saturated heterocycles. The van der Waals surface area contributed by atoms with E-state index >= 15 is 0 Å². The van der Waals surface area contributed by atoms with Gasteiger partial charge in [-0.3, -0.25) is 9.00 Å². The first-order valence-corrected chi connectivity index (χ1v) is 10.1. The summed E-state index contributed by atoms with van der Waals surface area (Å²) >= 11 is 0. The summed E-state index contributed by atoms with van der Waals surface area (Å²) < 4.78 is 34.8. The number of carbonyl (C=O) groups excluding carboxylic acids is 1. The van der Waals surface area contributed by atoms with E-state index in [0.29, 0.717) is 21.9 Å². The van der Waals surface area contributed by atoms with Gasteiger partial charge in [0.1, 0.15) is 0 Å². The number of benzene rings is 2. The Morgan fingerprint density at radius 2 is 1.70 bits per heavy atom. The number of amides is 1. The van der Waals surface area contributed by atoms with E-state index in [0.717, 1.165) is 6.26 Å². The molecule has 0 aliphatic heterocycles. The van der Waals surface area contributed by atoms with E-state index in [1.165, 1.54) is 24.3 Å². The second kappa shape index (κ2) is 7.06. The highest BCUT2D eigenvalue weighted by Gasteiger charge is 2.15. The highest BCUT2D eigenvalue weighted by atomic mass is 32.2. The molecule has 23 heavy (non-hydrogen) atoms. The lowest BCUT2D eigenvalue weighted by Gasteiger charge is -2.09. The lowest BCUT2D eigenvalue weighted by Crippen LogP contribution is -2.15. The highest BCUT2D eigenvalue weighted by molar-refractivity contribution is 7.90. The smallest absolute Gasteiger partial charge is 0.256 e. The molecule has 0 bridgehead atoms. The zero-order chi connectivity index (χ0) is 17.0. The topological polar surface area (TPSA) is 80.3 Å². The minimum absolute atomic E-state index is 0.183. The van der Waals surface area contributed by atoms with Crippen LogP contribution in [0.4, 0.5) is 5.69 Å². The maximum absolute atomic E-state index is 12.4. The normalized spacial score (nSPS) is 12.6. The molecule has 0 aliphatic rings. The first kappa shape index (κ1) is 17.4. The number of nitrogens with one attached hydrogen (secondary N) is 1. The van der Waals surface area contributed by atoms with Crippen LogP contribution in [-0.4, -0.2) is 30.5 Å². The quantitative estimate of drug-likeness (QED) is 0.897. The summed E-state index contributed by atoms with van der Waals surface area (Å²) in [5, 5.41) is 2.69. The fourth-order valence-corrected chi connectivity index (χ4v) is 3.57. The van der Waals surface area contributed by atoms with Gasteiger partial charge in [0.15, 0.2) is 9.84 Å². The van der Waals surface area contributed by atoms with Crippen molar-refractivity contribution >= 4 is 32.2 Å². The number of hydrogen-bond donors (Lipinski definition) is 1. The molecule has 2 aromatic rings. The third kappa shape index (κ3) is 4.27. The fraction of sp³-hybridized carbons (Fsp3) is 0.188. The van der Waals surface area contributed by atoms with Crippen LogP contribution in [0.5, 0.6) is 0 Å². The zero-order valence-corrected chi connectivity index (χ0v) is 14.4. The van der Waals surface area contributed by atoms with Gasteiger partial charge in [-0.05, 0) is 36.4 Å². The second-order valence-corrected chi connectivity index (χ2v) is 8.60. The summed E-state index contributed by atoms with van der Waals surface area (Å²) in [7, 11) is -4.51. The number of carbonyl (C=O) groups is 1. The molecule has 0 radical (unpaired) electrons.